The predicted molar refractivity (Wildman–Crippen MR) is 78.0 cm³/mol. The van der Waals surface area contributed by atoms with Gasteiger partial charge in [0.15, 0.2) is 9.84 Å². The van der Waals surface area contributed by atoms with Gasteiger partial charge in [-0.2, -0.15) is 0 Å². The van der Waals surface area contributed by atoms with Crippen molar-refractivity contribution in [1.82, 2.24) is 9.80 Å². The first-order chi connectivity index (χ1) is 8.92. The third kappa shape index (κ3) is 3.12. The molecule has 112 valence electrons. The molecule has 0 aromatic carbocycles. The SMILES string of the molecule is CCN1CCCC1CN(C)C1(CN)CCS(=O)(=O)C1. The Labute approximate surface area is 117 Å². The fourth-order valence-electron chi connectivity index (χ4n) is 3.55. The van der Waals surface area contributed by atoms with Crippen LogP contribution in [0.25, 0.3) is 0 Å². The Morgan fingerprint density at radius 3 is 2.74 bits per heavy atom. The van der Waals surface area contributed by atoms with Crippen LogP contribution in [-0.4, -0.2) is 74.5 Å². The number of likely N-dealkylation sites (N-methyl/N-ethyl adjacent to an activating group) is 2. The fourth-order valence-corrected chi connectivity index (χ4v) is 5.68. The molecule has 0 radical (unpaired) electrons. The van der Waals surface area contributed by atoms with Crippen molar-refractivity contribution in [3.63, 3.8) is 0 Å². The molecular weight excluding hydrogens is 262 g/mol. The third-order valence-electron chi connectivity index (χ3n) is 4.95. The second-order valence-electron chi connectivity index (χ2n) is 6.08. The minimum absolute atomic E-state index is 0.228. The average molecular weight is 289 g/mol. The summed E-state index contributed by atoms with van der Waals surface area (Å²) in [6, 6.07) is 0.557. The maximum Gasteiger partial charge on any atom is 0.152 e. The standard InChI is InChI=1S/C13H27N3O2S/c1-3-16-7-4-5-12(16)9-15(2)13(10-14)6-8-19(17,18)11-13/h12H,3-11,14H2,1-2H3. The summed E-state index contributed by atoms with van der Waals surface area (Å²) in [6.45, 7) is 5.80. The molecule has 2 fully saturated rings. The first-order valence-corrected chi connectivity index (χ1v) is 9.10. The predicted octanol–water partition coefficient (Wildman–Crippen LogP) is -0.0815. The van der Waals surface area contributed by atoms with Crippen molar-refractivity contribution in [2.24, 2.45) is 5.73 Å². The number of nitrogens with zero attached hydrogens (tertiary/aromatic N) is 2. The Hall–Kier alpha value is -0.170. The number of nitrogens with two attached hydrogens (primary N) is 1. The zero-order valence-corrected chi connectivity index (χ0v) is 13.0. The van der Waals surface area contributed by atoms with Crippen molar-refractivity contribution in [2.45, 2.75) is 37.8 Å². The number of likely N-dealkylation sites (tertiary alicyclic amines) is 1. The first kappa shape index (κ1) is 15.2. The summed E-state index contributed by atoms with van der Waals surface area (Å²) in [5, 5.41) is 0. The molecule has 19 heavy (non-hydrogen) atoms. The molecule has 0 spiro atoms. The monoisotopic (exact) mass is 289 g/mol. The van der Waals surface area contributed by atoms with E-state index in [4.69, 9.17) is 5.73 Å². The van der Waals surface area contributed by atoms with Crippen LogP contribution in [0.4, 0.5) is 0 Å². The van der Waals surface area contributed by atoms with Gasteiger partial charge in [-0.15, -0.1) is 0 Å². The molecule has 0 aromatic rings. The molecule has 2 heterocycles. The minimum Gasteiger partial charge on any atom is -0.329 e. The van der Waals surface area contributed by atoms with E-state index in [2.05, 4.69) is 16.7 Å². The summed E-state index contributed by atoms with van der Waals surface area (Å²) in [7, 11) is -0.857. The van der Waals surface area contributed by atoms with Gasteiger partial charge in [0, 0.05) is 24.7 Å². The minimum atomic E-state index is -2.90. The zero-order valence-electron chi connectivity index (χ0n) is 12.1. The Balaban J connectivity index is 2.04. The van der Waals surface area contributed by atoms with Crippen LogP contribution in [0, 0.1) is 0 Å². The third-order valence-corrected chi connectivity index (χ3v) is 6.75. The summed E-state index contributed by atoms with van der Waals surface area (Å²) in [6.07, 6.45) is 3.15. The second-order valence-corrected chi connectivity index (χ2v) is 8.26. The number of hydrogen-bond donors (Lipinski definition) is 1. The van der Waals surface area contributed by atoms with Gasteiger partial charge >= 0.3 is 0 Å². The Morgan fingerprint density at radius 2 is 2.21 bits per heavy atom. The van der Waals surface area contributed by atoms with Gasteiger partial charge in [-0.05, 0) is 39.4 Å². The molecule has 0 aliphatic carbocycles. The van der Waals surface area contributed by atoms with E-state index in [-0.39, 0.29) is 17.0 Å². The maximum absolute atomic E-state index is 11.8. The van der Waals surface area contributed by atoms with Gasteiger partial charge in [-0.25, -0.2) is 8.42 Å². The highest BCUT2D eigenvalue weighted by molar-refractivity contribution is 7.91. The van der Waals surface area contributed by atoms with Crippen LogP contribution in [0.15, 0.2) is 0 Å². The van der Waals surface area contributed by atoms with E-state index >= 15 is 0 Å². The lowest BCUT2D eigenvalue weighted by molar-refractivity contribution is 0.108. The van der Waals surface area contributed by atoms with Crippen molar-refractivity contribution in [2.75, 3.05) is 44.7 Å². The number of rotatable bonds is 5. The largest absolute Gasteiger partial charge is 0.329 e. The average Bonchev–Trinajstić information content (AvgIpc) is 2.93. The highest BCUT2D eigenvalue weighted by atomic mass is 32.2. The van der Waals surface area contributed by atoms with Crippen LogP contribution in [0.3, 0.4) is 0 Å². The molecule has 2 atom stereocenters. The molecular formula is C13H27N3O2S. The lowest BCUT2D eigenvalue weighted by Crippen LogP contribution is -2.56. The molecule has 6 heteroatoms. The molecule has 2 saturated heterocycles. The number of hydrogen-bond acceptors (Lipinski definition) is 5. The summed E-state index contributed by atoms with van der Waals surface area (Å²) in [5.41, 5.74) is 5.58. The highest BCUT2D eigenvalue weighted by Gasteiger charge is 2.45. The van der Waals surface area contributed by atoms with Crippen LogP contribution in [-0.2, 0) is 9.84 Å². The highest BCUT2D eigenvalue weighted by Crippen LogP contribution is 2.29. The fraction of sp³-hybridized carbons (Fsp3) is 1.00. The van der Waals surface area contributed by atoms with Gasteiger partial charge in [0.2, 0.25) is 0 Å². The van der Waals surface area contributed by atoms with Crippen molar-refractivity contribution < 1.29 is 8.42 Å². The van der Waals surface area contributed by atoms with Crippen LogP contribution in [0.5, 0.6) is 0 Å². The zero-order chi connectivity index (χ0) is 14.1. The Morgan fingerprint density at radius 1 is 1.47 bits per heavy atom. The quantitative estimate of drug-likeness (QED) is 0.767. The smallest absolute Gasteiger partial charge is 0.152 e. The lowest BCUT2D eigenvalue weighted by Gasteiger charge is -2.39. The van der Waals surface area contributed by atoms with Gasteiger partial charge < -0.3 is 5.73 Å². The van der Waals surface area contributed by atoms with Gasteiger partial charge in [0.25, 0.3) is 0 Å². The number of sulfone groups is 1. The topological polar surface area (TPSA) is 66.6 Å². The van der Waals surface area contributed by atoms with E-state index in [0.29, 0.717) is 19.0 Å². The van der Waals surface area contributed by atoms with E-state index in [1.54, 1.807) is 0 Å². The second kappa shape index (κ2) is 5.68. The summed E-state index contributed by atoms with van der Waals surface area (Å²) in [5.74, 6) is 0.516. The Bertz CT molecular complexity index is 412. The van der Waals surface area contributed by atoms with Crippen molar-refractivity contribution >= 4 is 9.84 Å². The van der Waals surface area contributed by atoms with E-state index in [9.17, 15) is 8.42 Å². The lowest BCUT2D eigenvalue weighted by atomic mass is 9.96. The molecule has 2 aliphatic rings. The molecule has 0 aromatic heterocycles. The molecule has 2 unspecified atom stereocenters. The van der Waals surface area contributed by atoms with Gasteiger partial charge in [-0.1, -0.05) is 6.92 Å². The maximum atomic E-state index is 11.8. The molecule has 0 saturated carbocycles. The summed E-state index contributed by atoms with van der Waals surface area (Å²) in [4.78, 5) is 4.71. The molecule has 2 aliphatic heterocycles. The molecule has 0 amide bonds. The Kier molecular flexibility index (Phi) is 4.55. The van der Waals surface area contributed by atoms with Crippen LogP contribution in [0.2, 0.25) is 0 Å². The first-order valence-electron chi connectivity index (χ1n) is 7.28. The molecule has 2 N–H and O–H groups in total. The van der Waals surface area contributed by atoms with Crippen molar-refractivity contribution in [1.29, 1.82) is 0 Å². The van der Waals surface area contributed by atoms with E-state index in [1.165, 1.54) is 19.4 Å². The summed E-state index contributed by atoms with van der Waals surface area (Å²) < 4.78 is 23.5. The van der Waals surface area contributed by atoms with Crippen molar-refractivity contribution in [3.05, 3.63) is 0 Å². The molecule has 2 rings (SSSR count). The van der Waals surface area contributed by atoms with Crippen LogP contribution >= 0.6 is 0 Å². The van der Waals surface area contributed by atoms with Crippen LogP contribution in [0.1, 0.15) is 26.2 Å². The van der Waals surface area contributed by atoms with Gasteiger partial charge in [0.05, 0.1) is 11.5 Å². The van der Waals surface area contributed by atoms with E-state index in [0.717, 1.165) is 13.1 Å². The molecule has 5 nitrogen and oxygen atoms in total. The van der Waals surface area contributed by atoms with Gasteiger partial charge in [-0.3, -0.25) is 9.80 Å². The van der Waals surface area contributed by atoms with E-state index < -0.39 is 9.84 Å². The summed E-state index contributed by atoms with van der Waals surface area (Å²) >= 11 is 0. The van der Waals surface area contributed by atoms with Gasteiger partial charge in [0.1, 0.15) is 0 Å². The van der Waals surface area contributed by atoms with Crippen LogP contribution < -0.4 is 5.73 Å². The molecule has 0 bridgehead atoms. The normalized spacial score (nSPS) is 35.3. The van der Waals surface area contributed by atoms with Crippen molar-refractivity contribution in [3.8, 4) is 0 Å². The van der Waals surface area contributed by atoms with E-state index in [1.807, 2.05) is 7.05 Å².